The predicted molar refractivity (Wildman–Crippen MR) is 126 cm³/mol. The minimum atomic E-state index is -0.279. The summed E-state index contributed by atoms with van der Waals surface area (Å²) in [6, 6.07) is 18.7. The van der Waals surface area contributed by atoms with Crippen molar-refractivity contribution in [2.24, 2.45) is 5.10 Å². The lowest BCUT2D eigenvalue weighted by Gasteiger charge is -2.26. The number of morpholine rings is 1. The van der Waals surface area contributed by atoms with Crippen LogP contribution in [0.25, 0.3) is 10.8 Å². The van der Waals surface area contributed by atoms with Gasteiger partial charge in [-0.05, 0) is 56.5 Å². The van der Waals surface area contributed by atoms with Crippen molar-refractivity contribution in [1.29, 1.82) is 0 Å². The number of carbonyl (C=O) groups excluding carboxylic acids is 2. The Hall–Kier alpha value is -3.23. The molecule has 0 unspecified atom stereocenters. The van der Waals surface area contributed by atoms with Crippen LogP contribution < -0.4 is 10.2 Å². The summed E-state index contributed by atoms with van der Waals surface area (Å²) >= 11 is 3.46. The molecule has 1 aliphatic heterocycles. The highest BCUT2D eigenvalue weighted by Gasteiger charge is 2.17. The first kappa shape index (κ1) is 22.0. The van der Waals surface area contributed by atoms with E-state index >= 15 is 0 Å². The molecule has 3 aromatic rings. The van der Waals surface area contributed by atoms with Crippen molar-refractivity contribution in [2.45, 2.75) is 0 Å². The standard InChI is InChI=1S/C24H22BrN3O4/c25-21-14-17(8-9-22(21)32-16-23(29)28-10-12-31-13-11-28)15-26-27-24(30)20-7-3-5-18-4-1-2-6-19(18)20/h1-9,14-15H,10-13,16H2,(H,27,30)/b26-15-. The first-order valence-electron chi connectivity index (χ1n) is 10.2. The number of hydrogen-bond acceptors (Lipinski definition) is 5. The zero-order valence-electron chi connectivity index (χ0n) is 17.3. The van der Waals surface area contributed by atoms with Gasteiger partial charge in [-0.25, -0.2) is 5.43 Å². The van der Waals surface area contributed by atoms with Crippen LogP contribution >= 0.6 is 15.9 Å². The number of benzene rings is 3. The van der Waals surface area contributed by atoms with Gasteiger partial charge in [0.05, 0.1) is 23.9 Å². The Bertz CT molecular complexity index is 1150. The Balaban J connectivity index is 1.34. The molecular weight excluding hydrogens is 474 g/mol. The van der Waals surface area contributed by atoms with Crippen LogP contribution in [0.3, 0.4) is 0 Å². The lowest BCUT2D eigenvalue weighted by atomic mass is 10.0. The molecule has 0 saturated carbocycles. The minimum absolute atomic E-state index is 0.0346. The number of ether oxygens (including phenoxy) is 2. The van der Waals surface area contributed by atoms with Gasteiger partial charge < -0.3 is 14.4 Å². The molecule has 3 aromatic carbocycles. The quantitative estimate of drug-likeness (QED) is 0.418. The number of nitrogens with zero attached hydrogens (tertiary/aromatic N) is 2. The Morgan fingerprint density at radius 1 is 1.09 bits per heavy atom. The van der Waals surface area contributed by atoms with E-state index in [0.717, 1.165) is 16.3 Å². The molecule has 1 aliphatic rings. The highest BCUT2D eigenvalue weighted by Crippen LogP contribution is 2.25. The molecule has 1 heterocycles. The second-order valence-electron chi connectivity index (χ2n) is 7.20. The van der Waals surface area contributed by atoms with Crippen molar-refractivity contribution < 1.29 is 19.1 Å². The molecule has 0 bridgehead atoms. The minimum Gasteiger partial charge on any atom is -0.483 e. The Morgan fingerprint density at radius 3 is 2.69 bits per heavy atom. The summed E-state index contributed by atoms with van der Waals surface area (Å²) in [6.45, 7) is 2.25. The third-order valence-corrected chi connectivity index (χ3v) is 5.70. The molecule has 1 saturated heterocycles. The van der Waals surface area contributed by atoms with E-state index in [1.54, 1.807) is 29.3 Å². The molecular formula is C24H22BrN3O4. The lowest BCUT2D eigenvalue weighted by molar-refractivity contribution is -0.137. The molecule has 1 fully saturated rings. The summed E-state index contributed by atoms with van der Waals surface area (Å²) in [4.78, 5) is 26.5. The number of carbonyl (C=O) groups is 2. The third kappa shape index (κ3) is 5.33. The molecule has 0 atom stereocenters. The fourth-order valence-corrected chi connectivity index (χ4v) is 3.92. The van der Waals surface area contributed by atoms with Crippen molar-refractivity contribution in [2.75, 3.05) is 32.9 Å². The first-order valence-corrected chi connectivity index (χ1v) is 11.0. The van der Waals surface area contributed by atoms with E-state index in [9.17, 15) is 9.59 Å². The topological polar surface area (TPSA) is 80.2 Å². The summed E-state index contributed by atoms with van der Waals surface area (Å²) in [5.74, 6) is 0.212. The second-order valence-corrected chi connectivity index (χ2v) is 8.05. The molecule has 4 rings (SSSR count). The van der Waals surface area contributed by atoms with E-state index < -0.39 is 0 Å². The number of hydrazone groups is 1. The molecule has 0 radical (unpaired) electrons. The van der Waals surface area contributed by atoms with Gasteiger partial charge in [-0.2, -0.15) is 5.10 Å². The van der Waals surface area contributed by atoms with Gasteiger partial charge in [-0.3, -0.25) is 9.59 Å². The van der Waals surface area contributed by atoms with Gasteiger partial charge in [0.25, 0.3) is 11.8 Å². The van der Waals surface area contributed by atoms with Crippen LogP contribution in [0, 0.1) is 0 Å². The SMILES string of the molecule is O=C(N/N=C\c1ccc(OCC(=O)N2CCOCC2)c(Br)c1)c1cccc2ccccc12. The Kier molecular flexibility index (Phi) is 7.14. The molecule has 0 aliphatic carbocycles. The van der Waals surface area contributed by atoms with E-state index in [0.29, 0.717) is 42.1 Å². The van der Waals surface area contributed by atoms with E-state index in [-0.39, 0.29) is 18.4 Å². The van der Waals surface area contributed by atoms with Crippen LogP contribution in [-0.4, -0.2) is 55.8 Å². The molecule has 1 N–H and O–H groups in total. The van der Waals surface area contributed by atoms with Gasteiger partial charge in [0.1, 0.15) is 5.75 Å². The van der Waals surface area contributed by atoms with Crippen molar-refractivity contribution in [3.63, 3.8) is 0 Å². The van der Waals surface area contributed by atoms with E-state index in [1.807, 2.05) is 42.5 Å². The van der Waals surface area contributed by atoms with Crippen LogP contribution in [0.5, 0.6) is 5.75 Å². The van der Waals surface area contributed by atoms with Crippen LogP contribution in [0.4, 0.5) is 0 Å². The molecule has 164 valence electrons. The zero-order valence-corrected chi connectivity index (χ0v) is 18.9. The maximum atomic E-state index is 12.6. The summed E-state index contributed by atoms with van der Waals surface area (Å²) in [5, 5.41) is 5.94. The van der Waals surface area contributed by atoms with E-state index in [2.05, 4.69) is 26.5 Å². The summed E-state index contributed by atoms with van der Waals surface area (Å²) in [7, 11) is 0. The summed E-state index contributed by atoms with van der Waals surface area (Å²) in [6.07, 6.45) is 1.55. The molecule has 2 amide bonds. The number of halogens is 1. The zero-order chi connectivity index (χ0) is 22.3. The fraction of sp³-hybridized carbons (Fsp3) is 0.208. The first-order chi connectivity index (χ1) is 15.6. The summed E-state index contributed by atoms with van der Waals surface area (Å²) in [5.41, 5.74) is 3.90. The molecule has 8 heteroatoms. The number of amides is 2. The smallest absolute Gasteiger partial charge is 0.271 e. The average Bonchev–Trinajstić information content (AvgIpc) is 2.83. The number of fused-ring (bicyclic) bond motifs is 1. The molecule has 0 spiro atoms. The van der Waals surface area contributed by atoms with Gasteiger partial charge in [0.15, 0.2) is 6.61 Å². The van der Waals surface area contributed by atoms with Gasteiger partial charge in [0.2, 0.25) is 0 Å². The predicted octanol–water partition coefficient (Wildman–Crippen LogP) is 3.60. The van der Waals surface area contributed by atoms with E-state index in [1.165, 1.54) is 0 Å². The third-order valence-electron chi connectivity index (χ3n) is 5.08. The highest BCUT2D eigenvalue weighted by atomic mass is 79.9. The Morgan fingerprint density at radius 2 is 1.88 bits per heavy atom. The van der Waals surface area contributed by atoms with Crippen molar-refractivity contribution in [1.82, 2.24) is 10.3 Å². The van der Waals surface area contributed by atoms with Gasteiger partial charge in [0, 0.05) is 18.7 Å². The number of hydrogen-bond donors (Lipinski definition) is 1. The maximum absolute atomic E-state index is 12.6. The number of nitrogens with one attached hydrogen (secondary N) is 1. The van der Waals surface area contributed by atoms with Crippen LogP contribution in [0.1, 0.15) is 15.9 Å². The monoisotopic (exact) mass is 495 g/mol. The normalized spacial score (nSPS) is 14.0. The van der Waals surface area contributed by atoms with Crippen LogP contribution in [0.15, 0.2) is 70.2 Å². The van der Waals surface area contributed by atoms with Gasteiger partial charge in [-0.1, -0.05) is 36.4 Å². The largest absolute Gasteiger partial charge is 0.483 e. The molecule has 7 nitrogen and oxygen atoms in total. The highest BCUT2D eigenvalue weighted by molar-refractivity contribution is 9.10. The molecule has 32 heavy (non-hydrogen) atoms. The maximum Gasteiger partial charge on any atom is 0.271 e. The van der Waals surface area contributed by atoms with E-state index in [4.69, 9.17) is 9.47 Å². The average molecular weight is 496 g/mol. The summed E-state index contributed by atoms with van der Waals surface area (Å²) < 4.78 is 11.6. The Labute approximate surface area is 194 Å². The van der Waals surface area contributed by atoms with Gasteiger partial charge >= 0.3 is 0 Å². The van der Waals surface area contributed by atoms with Crippen molar-refractivity contribution >= 4 is 44.7 Å². The molecule has 0 aromatic heterocycles. The van der Waals surface area contributed by atoms with Crippen molar-refractivity contribution in [3.8, 4) is 5.75 Å². The van der Waals surface area contributed by atoms with Crippen molar-refractivity contribution in [3.05, 3.63) is 76.3 Å². The van der Waals surface area contributed by atoms with Crippen LogP contribution in [0.2, 0.25) is 0 Å². The fourth-order valence-electron chi connectivity index (χ4n) is 3.41. The lowest BCUT2D eigenvalue weighted by Crippen LogP contribution is -2.43. The number of rotatable bonds is 6. The van der Waals surface area contributed by atoms with Gasteiger partial charge in [-0.15, -0.1) is 0 Å². The second kappa shape index (κ2) is 10.4. The van der Waals surface area contributed by atoms with Crippen LogP contribution in [-0.2, 0) is 9.53 Å².